The number of benzene rings is 2. The molecule has 4 rings (SSSR count). The summed E-state index contributed by atoms with van der Waals surface area (Å²) in [7, 11) is 0. The summed E-state index contributed by atoms with van der Waals surface area (Å²) in [5.74, 6) is 0.495. The number of urea groups is 1. The lowest BCUT2D eigenvalue weighted by atomic mass is 9.93. The van der Waals surface area contributed by atoms with Crippen LogP contribution in [-0.2, 0) is 6.42 Å². The van der Waals surface area contributed by atoms with Crippen LogP contribution in [0, 0.1) is 11.7 Å². The number of amides is 2. The number of nitrogens with one attached hydrogen (secondary N) is 1. The van der Waals surface area contributed by atoms with E-state index in [4.69, 9.17) is 0 Å². The Hall–Kier alpha value is -2.56. The smallest absolute Gasteiger partial charge is 0.322 e. The maximum Gasteiger partial charge on any atom is 0.322 e. The Morgan fingerprint density at radius 2 is 1.89 bits per heavy atom. The molecule has 2 amide bonds. The molecule has 2 unspecified atom stereocenters. The molecule has 0 aliphatic carbocycles. The molecule has 142 valence electrons. The molecule has 1 fully saturated rings. The second-order valence-corrected chi connectivity index (χ2v) is 7.75. The molecule has 0 radical (unpaired) electrons. The predicted octanol–water partition coefficient (Wildman–Crippen LogP) is 4.82. The summed E-state index contributed by atoms with van der Waals surface area (Å²) in [6, 6.07) is 12.7. The zero-order chi connectivity index (χ0) is 19.0. The zero-order valence-electron chi connectivity index (χ0n) is 15.9. The lowest BCUT2D eigenvalue weighted by Gasteiger charge is -2.35. The summed E-state index contributed by atoms with van der Waals surface area (Å²) >= 11 is 0. The van der Waals surface area contributed by atoms with Crippen LogP contribution in [0.3, 0.4) is 0 Å². The van der Waals surface area contributed by atoms with Gasteiger partial charge in [-0.2, -0.15) is 0 Å². The molecule has 2 aliphatic heterocycles. The van der Waals surface area contributed by atoms with Crippen molar-refractivity contribution in [3.8, 4) is 0 Å². The van der Waals surface area contributed by atoms with Gasteiger partial charge in [0.2, 0.25) is 0 Å². The van der Waals surface area contributed by atoms with Gasteiger partial charge in [-0.05, 0) is 61.6 Å². The van der Waals surface area contributed by atoms with E-state index in [-0.39, 0.29) is 17.9 Å². The average molecular weight is 367 g/mol. The number of nitrogens with zero attached hydrogens (tertiary/aromatic N) is 2. The maximum absolute atomic E-state index is 14.2. The standard InChI is InChI=1S/C22H26FN3O/c1-15-10-12-25(14-15)19-8-6-18(7-9-19)24-22(27)26-13-11-17-4-3-5-20(23)21(17)16(26)2/h3-9,15-16H,10-14H2,1-2H3,(H,24,27). The number of rotatable bonds is 2. The minimum atomic E-state index is -0.277. The molecule has 0 saturated carbocycles. The van der Waals surface area contributed by atoms with E-state index in [0.29, 0.717) is 18.5 Å². The first-order chi connectivity index (χ1) is 13.0. The van der Waals surface area contributed by atoms with Crippen LogP contribution >= 0.6 is 0 Å². The quantitative estimate of drug-likeness (QED) is 0.826. The molecule has 2 aromatic rings. The maximum atomic E-state index is 14.2. The van der Waals surface area contributed by atoms with Crippen LogP contribution in [0.15, 0.2) is 42.5 Å². The Kier molecular flexibility index (Phi) is 4.77. The SMILES string of the molecule is CC1CCN(c2ccc(NC(=O)N3CCc4cccc(F)c4C3C)cc2)C1. The molecule has 0 bridgehead atoms. The summed E-state index contributed by atoms with van der Waals surface area (Å²) in [6.07, 6.45) is 1.90. The van der Waals surface area contributed by atoms with Gasteiger partial charge in [0, 0.05) is 36.6 Å². The van der Waals surface area contributed by atoms with E-state index in [1.807, 2.05) is 25.1 Å². The van der Waals surface area contributed by atoms with Crippen molar-refractivity contribution in [3.63, 3.8) is 0 Å². The summed E-state index contributed by atoms with van der Waals surface area (Å²) in [4.78, 5) is 16.9. The zero-order valence-corrected chi connectivity index (χ0v) is 15.9. The van der Waals surface area contributed by atoms with Crippen molar-refractivity contribution in [1.29, 1.82) is 0 Å². The number of carbonyl (C=O) groups excluding carboxylic acids is 1. The number of hydrogen-bond donors (Lipinski definition) is 1. The van der Waals surface area contributed by atoms with E-state index in [1.165, 1.54) is 18.2 Å². The van der Waals surface area contributed by atoms with Gasteiger partial charge < -0.3 is 15.1 Å². The van der Waals surface area contributed by atoms with Crippen molar-refractivity contribution < 1.29 is 9.18 Å². The Balaban J connectivity index is 1.44. The second kappa shape index (κ2) is 7.22. The van der Waals surface area contributed by atoms with Crippen LogP contribution in [0.25, 0.3) is 0 Å². The molecule has 2 atom stereocenters. The van der Waals surface area contributed by atoms with Gasteiger partial charge >= 0.3 is 6.03 Å². The van der Waals surface area contributed by atoms with Crippen LogP contribution in [0.5, 0.6) is 0 Å². The van der Waals surface area contributed by atoms with Gasteiger partial charge in [0.05, 0.1) is 6.04 Å². The largest absolute Gasteiger partial charge is 0.371 e. The minimum absolute atomic E-state index is 0.182. The fraction of sp³-hybridized carbons (Fsp3) is 0.409. The van der Waals surface area contributed by atoms with Crippen molar-refractivity contribution in [1.82, 2.24) is 4.90 Å². The van der Waals surface area contributed by atoms with E-state index in [2.05, 4.69) is 29.3 Å². The molecule has 4 nitrogen and oxygen atoms in total. The number of halogens is 1. The predicted molar refractivity (Wildman–Crippen MR) is 107 cm³/mol. The van der Waals surface area contributed by atoms with Gasteiger partial charge in [0.25, 0.3) is 0 Å². The van der Waals surface area contributed by atoms with E-state index in [0.717, 1.165) is 30.3 Å². The van der Waals surface area contributed by atoms with Gasteiger partial charge in [-0.25, -0.2) is 9.18 Å². The molecule has 5 heteroatoms. The summed E-state index contributed by atoms with van der Waals surface area (Å²) in [5.41, 5.74) is 3.59. The normalized spacial score (nSPS) is 21.9. The highest BCUT2D eigenvalue weighted by atomic mass is 19.1. The van der Waals surface area contributed by atoms with Gasteiger partial charge in [0.1, 0.15) is 5.82 Å². The van der Waals surface area contributed by atoms with Crippen LogP contribution in [0.4, 0.5) is 20.6 Å². The van der Waals surface area contributed by atoms with Crippen LogP contribution in [0.2, 0.25) is 0 Å². The number of carbonyl (C=O) groups is 1. The van der Waals surface area contributed by atoms with Crippen molar-refractivity contribution in [2.45, 2.75) is 32.7 Å². The van der Waals surface area contributed by atoms with Crippen molar-refractivity contribution in [3.05, 3.63) is 59.4 Å². The molecule has 0 aromatic heterocycles. The summed E-state index contributed by atoms with van der Waals surface area (Å²) in [6.45, 7) is 6.92. The van der Waals surface area contributed by atoms with E-state index in [9.17, 15) is 9.18 Å². The Labute approximate surface area is 160 Å². The van der Waals surface area contributed by atoms with E-state index in [1.54, 1.807) is 11.0 Å². The van der Waals surface area contributed by atoms with Crippen LogP contribution < -0.4 is 10.2 Å². The third kappa shape index (κ3) is 3.51. The Morgan fingerprint density at radius 1 is 1.11 bits per heavy atom. The van der Waals surface area contributed by atoms with E-state index >= 15 is 0 Å². The fourth-order valence-corrected chi connectivity index (χ4v) is 4.26. The molecule has 2 heterocycles. The van der Waals surface area contributed by atoms with Crippen molar-refractivity contribution in [2.24, 2.45) is 5.92 Å². The lowest BCUT2D eigenvalue weighted by molar-refractivity contribution is 0.186. The average Bonchev–Trinajstić information content (AvgIpc) is 3.09. The summed E-state index contributed by atoms with van der Waals surface area (Å²) in [5, 5.41) is 2.96. The molecule has 1 N–H and O–H groups in total. The van der Waals surface area contributed by atoms with Gasteiger partial charge in [-0.3, -0.25) is 0 Å². The molecule has 27 heavy (non-hydrogen) atoms. The number of anilines is 2. The summed E-state index contributed by atoms with van der Waals surface area (Å²) < 4.78 is 14.2. The van der Waals surface area contributed by atoms with Gasteiger partial charge in [0.15, 0.2) is 0 Å². The third-order valence-corrected chi connectivity index (χ3v) is 5.82. The van der Waals surface area contributed by atoms with E-state index < -0.39 is 0 Å². The first-order valence-corrected chi connectivity index (χ1v) is 9.73. The molecule has 0 spiro atoms. The fourth-order valence-electron chi connectivity index (χ4n) is 4.26. The molecular formula is C22H26FN3O. The highest BCUT2D eigenvalue weighted by molar-refractivity contribution is 5.90. The number of fused-ring (bicyclic) bond motifs is 1. The second-order valence-electron chi connectivity index (χ2n) is 7.75. The Bertz CT molecular complexity index is 836. The minimum Gasteiger partial charge on any atom is -0.371 e. The first kappa shape index (κ1) is 17.8. The monoisotopic (exact) mass is 367 g/mol. The van der Waals surface area contributed by atoms with Gasteiger partial charge in [-0.1, -0.05) is 19.1 Å². The highest BCUT2D eigenvalue weighted by Gasteiger charge is 2.29. The van der Waals surface area contributed by atoms with Crippen molar-refractivity contribution in [2.75, 3.05) is 29.9 Å². The third-order valence-electron chi connectivity index (χ3n) is 5.82. The number of hydrogen-bond acceptors (Lipinski definition) is 2. The molecule has 2 aromatic carbocycles. The van der Waals surface area contributed by atoms with Crippen molar-refractivity contribution >= 4 is 17.4 Å². The molecule has 2 aliphatic rings. The molecule has 1 saturated heterocycles. The van der Waals surface area contributed by atoms with Crippen LogP contribution in [-0.4, -0.2) is 30.6 Å². The Morgan fingerprint density at radius 3 is 2.59 bits per heavy atom. The van der Waals surface area contributed by atoms with Gasteiger partial charge in [-0.15, -0.1) is 0 Å². The topological polar surface area (TPSA) is 35.6 Å². The first-order valence-electron chi connectivity index (χ1n) is 9.73. The highest BCUT2D eigenvalue weighted by Crippen LogP contribution is 2.32. The lowest BCUT2D eigenvalue weighted by Crippen LogP contribution is -2.41. The van der Waals surface area contributed by atoms with Crippen LogP contribution in [0.1, 0.15) is 37.4 Å². The molecular weight excluding hydrogens is 341 g/mol.